The molecule has 0 nitrogen and oxygen atoms in total. The molecule has 2 rings (SSSR count). The normalized spacial score (nSPS) is 24.4. The quantitative estimate of drug-likeness (QED) is 0.656. The Balaban J connectivity index is 1.81. The molecule has 100 valence electrons. The predicted octanol–water partition coefficient (Wildman–Crippen LogP) is 5.54. The highest BCUT2D eigenvalue weighted by Gasteiger charge is 2.22. The van der Waals surface area contributed by atoms with Gasteiger partial charge >= 0.3 is 0 Å². The Morgan fingerprint density at radius 2 is 1.67 bits per heavy atom. The zero-order valence-electron chi connectivity index (χ0n) is 11.7. The van der Waals surface area contributed by atoms with E-state index >= 15 is 0 Å². The maximum absolute atomic E-state index is 12.9. The van der Waals surface area contributed by atoms with Crippen LogP contribution >= 0.6 is 0 Å². The van der Waals surface area contributed by atoms with Crippen LogP contribution in [0.5, 0.6) is 0 Å². The van der Waals surface area contributed by atoms with Crippen molar-refractivity contribution < 1.29 is 4.39 Å². The molecule has 18 heavy (non-hydrogen) atoms. The van der Waals surface area contributed by atoms with Gasteiger partial charge in [0.05, 0.1) is 0 Å². The molecule has 0 aliphatic heterocycles. The number of hydrogen-bond donors (Lipinski definition) is 0. The molecule has 0 amide bonds. The van der Waals surface area contributed by atoms with Gasteiger partial charge in [0.1, 0.15) is 5.82 Å². The van der Waals surface area contributed by atoms with E-state index in [1.165, 1.54) is 44.1 Å². The van der Waals surface area contributed by atoms with E-state index in [1.807, 2.05) is 12.1 Å². The van der Waals surface area contributed by atoms with Gasteiger partial charge in [-0.15, -0.1) is 0 Å². The summed E-state index contributed by atoms with van der Waals surface area (Å²) in [4.78, 5) is 0. The van der Waals surface area contributed by atoms with Crippen molar-refractivity contribution >= 4 is 0 Å². The summed E-state index contributed by atoms with van der Waals surface area (Å²) in [6, 6.07) is 7.13. The lowest BCUT2D eigenvalue weighted by molar-refractivity contribution is 0.293. The fourth-order valence-electron chi connectivity index (χ4n) is 3.09. The smallest absolute Gasteiger partial charge is 0.123 e. The maximum atomic E-state index is 12.9. The monoisotopic (exact) mass is 248 g/mol. The first kappa shape index (κ1) is 13.6. The Labute approximate surface area is 111 Å². The summed E-state index contributed by atoms with van der Waals surface area (Å²) >= 11 is 0. The number of rotatable bonds is 4. The minimum absolute atomic E-state index is 0.121. The molecule has 0 N–H and O–H groups in total. The largest absolute Gasteiger partial charge is 0.207 e. The zero-order valence-corrected chi connectivity index (χ0v) is 11.7. The van der Waals surface area contributed by atoms with E-state index in [0.717, 1.165) is 11.8 Å². The minimum Gasteiger partial charge on any atom is -0.207 e. The molecule has 0 bridgehead atoms. The van der Waals surface area contributed by atoms with Crippen molar-refractivity contribution in [1.29, 1.82) is 0 Å². The van der Waals surface area contributed by atoms with Gasteiger partial charge < -0.3 is 0 Å². The molecule has 0 saturated heterocycles. The summed E-state index contributed by atoms with van der Waals surface area (Å²) in [5.41, 5.74) is 1.33. The van der Waals surface area contributed by atoms with E-state index < -0.39 is 0 Å². The molecular formula is C17H25F. The molecule has 0 spiro atoms. The van der Waals surface area contributed by atoms with Gasteiger partial charge in [-0.3, -0.25) is 0 Å². The standard InChI is InChI=1S/C17H25F/c1-13(2)3-4-14-5-7-15(8-6-14)16-9-11-17(18)12-10-16/h9-15H,3-8H2,1-2H3. The second kappa shape index (κ2) is 6.36. The molecule has 0 heterocycles. The Kier molecular flexibility index (Phi) is 4.79. The fraction of sp³-hybridized carbons (Fsp3) is 0.647. The third-order valence-electron chi connectivity index (χ3n) is 4.34. The molecule has 1 aliphatic rings. The van der Waals surface area contributed by atoms with Crippen LogP contribution in [0.25, 0.3) is 0 Å². The van der Waals surface area contributed by atoms with Gasteiger partial charge in [-0.25, -0.2) is 4.39 Å². The van der Waals surface area contributed by atoms with Crippen LogP contribution in [0, 0.1) is 17.7 Å². The summed E-state index contributed by atoms with van der Waals surface area (Å²) in [7, 11) is 0. The summed E-state index contributed by atoms with van der Waals surface area (Å²) < 4.78 is 12.9. The summed E-state index contributed by atoms with van der Waals surface area (Å²) in [5, 5.41) is 0. The van der Waals surface area contributed by atoms with E-state index in [0.29, 0.717) is 5.92 Å². The van der Waals surface area contributed by atoms with E-state index in [1.54, 1.807) is 12.1 Å². The van der Waals surface area contributed by atoms with Crippen molar-refractivity contribution in [3.05, 3.63) is 35.6 Å². The van der Waals surface area contributed by atoms with Crippen molar-refractivity contribution in [3.8, 4) is 0 Å². The van der Waals surface area contributed by atoms with Gasteiger partial charge in [-0.1, -0.05) is 38.8 Å². The Hall–Kier alpha value is -0.850. The van der Waals surface area contributed by atoms with E-state index in [2.05, 4.69) is 13.8 Å². The van der Waals surface area contributed by atoms with Crippen molar-refractivity contribution in [3.63, 3.8) is 0 Å². The Bertz CT molecular complexity index is 344. The molecule has 1 heteroatoms. The lowest BCUT2D eigenvalue weighted by atomic mass is 9.76. The second-order valence-corrected chi connectivity index (χ2v) is 6.24. The van der Waals surface area contributed by atoms with Crippen LogP contribution in [0.3, 0.4) is 0 Å². The highest BCUT2D eigenvalue weighted by Crippen LogP contribution is 2.37. The molecular weight excluding hydrogens is 223 g/mol. The van der Waals surface area contributed by atoms with Crippen molar-refractivity contribution in [2.45, 2.75) is 58.3 Å². The van der Waals surface area contributed by atoms with Crippen LogP contribution in [0.1, 0.15) is 63.9 Å². The molecule has 0 atom stereocenters. The SMILES string of the molecule is CC(C)CCC1CCC(c2ccc(F)cc2)CC1. The van der Waals surface area contributed by atoms with Crippen LogP contribution in [-0.4, -0.2) is 0 Å². The van der Waals surface area contributed by atoms with Crippen LogP contribution in [-0.2, 0) is 0 Å². The van der Waals surface area contributed by atoms with Crippen molar-refractivity contribution in [2.24, 2.45) is 11.8 Å². The molecule has 1 fully saturated rings. The van der Waals surface area contributed by atoms with Crippen molar-refractivity contribution in [2.75, 3.05) is 0 Å². The summed E-state index contributed by atoms with van der Waals surface area (Å²) in [6.45, 7) is 4.62. The van der Waals surface area contributed by atoms with Crippen LogP contribution < -0.4 is 0 Å². The Morgan fingerprint density at radius 1 is 1.06 bits per heavy atom. The first-order valence-electron chi connectivity index (χ1n) is 7.40. The van der Waals surface area contributed by atoms with E-state index in [4.69, 9.17) is 0 Å². The molecule has 0 unspecified atom stereocenters. The summed E-state index contributed by atoms with van der Waals surface area (Å²) in [6.07, 6.45) is 8.05. The third-order valence-corrected chi connectivity index (χ3v) is 4.34. The fourth-order valence-corrected chi connectivity index (χ4v) is 3.09. The highest BCUT2D eigenvalue weighted by atomic mass is 19.1. The topological polar surface area (TPSA) is 0 Å². The lowest BCUT2D eigenvalue weighted by Crippen LogP contribution is -2.14. The number of hydrogen-bond acceptors (Lipinski definition) is 0. The maximum Gasteiger partial charge on any atom is 0.123 e. The number of benzene rings is 1. The molecule has 0 aromatic heterocycles. The lowest BCUT2D eigenvalue weighted by Gasteiger charge is -2.29. The summed E-state index contributed by atoms with van der Waals surface area (Å²) in [5.74, 6) is 2.31. The molecule has 1 aromatic rings. The Morgan fingerprint density at radius 3 is 2.22 bits per heavy atom. The zero-order chi connectivity index (χ0) is 13.0. The van der Waals surface area contributed by atoms with Crippen LogP contribution in [0.4, 0.5) is 4.39 Å². The molecule has 1 aromatic carbocycles. The van der Waals surface area contributed by atoms with Gasteiger partial charge in [0.15, 0.2) is 0 Å². The molecule has 1 saturated carbocycles. The number of halogens is 1. The van der Waals surface area contributed by atoms with Gasteiger partial charge in [-0.05, 0) is 61.1 Å². The van der Waals surface area contributed by atoms with Crippen LogP contribution in [0.15, 0.2) is 24.3 Å². The predicted molar refractivity (Wildman–Crippen MR) is 75.2 cm³/mol. The molecule has 0 radical (unpaired) electrons. The van der Waals surface area contributed by atoms with E-state index in [-0.39, 0.29) is 5.82 Å². The molecule has 1 aliphatic carbocycles. The van der Waals surface area contributed by atoms with Crippen LogP contribution in [0.2, 0.25) is 0 Å². The van der Waals surface area contributed by atoms with Gasteiger partial charge in [-0.2, -0.15) is 0 Å². The van der Waals surface area contributed by atoms with Gasteiger partial charge in [0.25, 0.3) is 0 Å². The van der Waals surface area contributed by atoms with Gasteiger partial charge in [0, 0.05) is 0 Å². The second-order valence-electron chi connectivity index (χ2n) is 6.24. The minimum atomic E-state index is -0.121. The first-order chi connectivity index (χ1) is 8.65. The van der Waals surface area contributed by atoms with Gasteiger partial charge in [0.2, 0.25) is 0 Å². The average molecular weight is 248 g/mol. The van der Waals surface area contributed by atoms with Crippen molar-refractivity contribution in [1.82, 2.24) is 0 Å². The first-order valence-corrected chi connectivity index (χ1v) is 7.40. The average Bonchev–Trinajstić information content (AvgIpc) is 2.38. The third kappa shape index (κ3) is 3.83. The highest BCUT2D eigenvalue weighted by molar-refractivity contribution is 5.20. The van der Waals surface area contributed by atoms with E-state index in [9.17, 15) is 4.39 Å².